The van der Waals surface area contributed by atoms with Gasteiger partial charge >= 0.3 is 0 Å². The van der Waals surface area contributed by atoms with E-state index in [0.717, 1.165) is 65.0 Å². The van der Waals surface area contributed by atoms with Crippen LogP contribution in [0.1, 0.15) is 12.0 Å². The molecule has 192 valence electrons. The molecule has 0 unspecified atom stereocenters. The Labute approximate surface area is 223 Å². The first kappa shape index (κ1) is 22.5. The molecule has 39 heavy (non-hydrogen) atoms. The van der Waals surface area contributed by atoms with E-state index >= 15 is 4.39 Å². The molecule has 8 rings (SSSR count). The Bertz CT molecular complexity index is 1850. The molecule has 0 amide bonds. The second-order valence-electron chi connectivity index (χ2n) is 10.3. The fraction of sp³-hybridized carbons (Fsp3) is 0.200. The van der Waals surface area contributed by atoms with Crippen LogP contribution in [0.15, 0.2) is 79.4 Å². The van der Waals surface area contributed by atoms with E-state index in [1.807, 2.05) is 54.7 Å². The van der Waals surface area contributed by atoms with Crippen molar-refractivity contribution < 1.29 is 9.13 Å². The number of hydrogen-bond donors (Lipinski definition) is 1. The molecule has 4 aromatic heterocycles. The molecule has 2 aromatic carbocycles. The molecule has 9 heteroatoms. The van der Waals surface area contributed by atoms with E-state index in [-0.39, 0.29) is 5.82 Å². The Hall–Kier alpha value is -4.47. The van der Waals surface area contributed by atoms with Crippen LogP contribution in [0.25, 0.3) is 50.2 Å². The number of halogens is 1. The average molecular weight is 518 g/mol. The molecule has 0 radical (unpaired) electrons. The van der Waals surface area contributed by atoms with Gasteiger partial charge in [0.25, 0.3) is 0 Å². The number of benzene rings is 2. The van der Waals surface area contributed by atoms with Crippen LogP contribution in [-0.2, 0) is 11.3 Å². The second kappa shape index (κ2) is 8.79. The topological polar surface area (TPSA) is 84.2 Å². The number of aromatic nitrogens is 6. The van der Waals surface area contributed by atoms with E-state index in [1.54, 1.807) is 29.2 Å². The van der Waals surface area contributed by atoms with Crippen molar-refractivity contribution >= 4 is 16.6 Å². The maximum absolute atomic E-state index is 15.7. The van der Waals surface area contributed by atoms with Crippen molar-refractivity contribution in [2.45, 2.75) is 25.1 Å². The molecule has 6 aromatic rings. The molecule has 2 saturated heterocycles. The molecule has 2 aliphatic heterocycles. The van der Waals surface area contributed by atoms with Crippen molar-refractivity contribution in [2.75, 3.05) is 13.2 Å². The van der Waals surface area contributed by atoms with Crippen molar-refractivity contribution in [1.82, 2.24) is 34.7 Å². The lowest BCUT2D eigenvalue weighted by molar-refractivity contribution is 0.0273. The fourth-order valence-corrected chi connectivity index (χ4v) is 6.07. The first-order valence-corrected chi connectivity index (χ1v) is 13.1. The van der Waals surface area contributed by atoms with Crippen LogP contribution in [0.3, 0.4) is 0 Å². The van der Waals surface area contributed by atoms with Crippen LogP contribution in [0.4, 0.5) is 4.39 Å². The minimum atomic E-state index is -0.278. The third-order valence-electron chi connectivity index (χ3n) is 7.94. The maximum atomic E-state index is 15.7. The Morgan fingerprint density at radius 3 is 2.77 bits per heavy atom. The molecule has 0 aliphatic carbocycles. The van der Waals surface area contributed by atoms with Crippen LogP contribution in [0.2, 0.25) is 0 Å². The highest BCUT2D eigenvalue weighted by atomic mass is 19.1. The minimum absolute atomic E-state index is 0.278. The third kappa shape index (κ3) is 3.65. The van der Waals surface area contributed by atoms with Crippen LogP contribution in [-0.4, -0.2) is 60.0 Å². The molecule has 2 aliphatic rings. The predicted molar refractivity (Wildman–Crippen MR) is 145 cm³/mol. The molecule has 8 nitrogen and oxygen atoms in total. The van der Waals surface area contributed by atoms with E-state index < -0.39 is 0 Å². The smallest absolute Gasteiger partial charge is 0.164 e. The van der Waals surface area contributed by atoms with Gasteiger partial charge in [0.2, 0.25) is 0 Å². The van der Waals surface area contributed by atoms with Gasteiger partial charge in [0.05, 0.1) is 35.7 Å². The van der Waals surface area contributed by atoms with Crippen molar-refractivity contribution in [3.63, 3.8) is 0 Å². The molecule has 2 bridgehead atoms. The number of nitrogens with zero attached hydrogens (tertiary/aromatic N) is 6. The third-order valence-corrected chi connectivity index (χ3v) is 7.94. The van der Waals surface area contributed by atoms with Crippen molar-refractivity contribution in [3.05, 3.63) is 90.8 Å². The summed E-state index contributed by atoms with van der Waals surface area (Å²) in [5.74, 6) is -0.278. The van der Waals surface area contributed by atoms with Gasteiger partial charge in [-0.05, 0) is 53.9 Å². The number of pyridine rings is 1. The number of rotatable bonds is 5. The van der Waals surface area contributed by atoms with Gasteiger partial charge in [-0.2, -0.15) is 10.2 Å². The molecule has 1 N–H and O–H groups in total. The van der Waals surface area contributed by atoms with E-state index in [1.165, 1.54) is 0 Å². The number of aromatic amines is 1. The highest BCUT2D eigenvalue weighted by molar-refractivity contribution is 6.02. The number of H-pyrrole nitrogens is 1. The highest BCUT2D eigenvalue weighted by Crippen LogP contribution is 2.39. The quantitative estimate of drug-likeness (QED) is 0.342. The van der Waals surface area contributed by atoms with Crippen LogP contribution in [0.5, 0.6) is 0 Å². The lowest BCUT2D eigenvalue weighted by atomic mass is 9.99. The van der Waals surface area contributed by atoms with Gasteiger partial charge in [-0.1, -0.05) is 18.2 Å². The second-order valence-corrected chi connectivity index (χ2v) is 10.3. The zero-order valence-electron chi connectivity index (χ0n) is 21.0. The molecule has 0 spiro atoms. The van der Waals surface area contributed by atoms with Crippen molar-refractivity contribution in [1.29, 1.82) is 0 Å². The lowest BCUT2D eigenvalue weighted by Crippen LogP contribution is -2.36. The maximum Gasteiger partial charge on any atom is 0.164 e. The van der Waals surface area contributed by atoms with Crippen molar-refractivity contribution in [2.24, 2.45) is 0 Å². The number of ether oxygens (including phenoxy) is 1. The van der Waals surface area contributed by atoms with Crippen LogP contribution in [0, 0.1) is 5.82 Å². The summed E-state index contributed by atoms with van der Waals surface area (Å²) in [6.07, 6.45) is 8.41. The van der Waals surface area contributed by atoms with E-state index in [9.17, 15) is 0 Å². The largest absolute Gasteiger partial charge is 0.375 e. The zero-order valence-corrected chi connectivity index (χ0v) is 21.0. The van der Waals surface area contributed by atoms with Crippen LogP contribution < -0.4 is 0 Å². The molecule has 6 heterocycles. The molecule has 0 saturated carbocycles. The summed E-state index contributed by atoms with van der Waals surface area (Å²) in [4.78, 5) is 11.3. The van der Waals surface area contributed by atoms with Gasteiger partial charge in [-0.15, -0.1) is 0 Å². The fourth-order valence-electron chi connectivity index (χ4n) is 6.07. The number of hydrogen-bond acceptors (Lipinski definition) is 6. The molecule has 2 atom stereocenters. The molecule has 2 fully saturated rings. The lowest BCUT2D eigenvalue weighted by Gasteiger charge is -2.26. The van der Waals surface area contributed by atoms with E-state index in [4.69, 9.17) is 14.8 Å². The Balaban J connectivity index is 1.27. The molecular formula is C30H24FN7O. The average Bonchev–Trinajstić information content (AvgIpc) is 3.77. The van der Waals surface area contributed by atoms with Gasteiger partial charge < -0.3 is 4.74 Å². The Morgan fingerprint density at radius 1 is 1.03 bits per heavy atom. The van der Waals surface area contributed by atoms with Gasteiger partial charge in [-0.25, -0.2) is 13.9 Å². The minimum Gasteiger partial charge on any atom is -0.375 e. The first-order chi connectivity index (χ1) is 19.2. The van der Waals surface area contributed by atoms with E-state index in [0.29, 0.717) is 29.1 Å². The van der Waals surface area contributed by atoms with Gasteiger partial charge in [0, 0.05) is 54.2 Å². The standard InChI is InChI=1S/C30H24FN7O/c31-25-12-18(15-37-16-21-13-20(37)17-39-21)4-5-23(25)27-8-11-33-30-28(22-2-1-3-26-24(22)14-34-35-26)29(36-38(27)30)19-6-9-32-10-7-19/h1-12,14,20-21H,13,15-17H2,(H,34,35)/t20-,21-/m1/s1. The number of nitrogens with one attached hydrogen (secondary N) is 1. The number of likely N-dealkylation sites (tertiary alicyclic amines) is 1. The number of fused-ring (bicyclic) bond motifs is 4. The predicted octanol–water partition coefficient (Wildman–Crippen LogP) is 5.11. The monoisotopic (exact) mass is 517 g/mol. The van der Waals surface area contributed by atoms with E-state index in [2.05, 4.69) is 20.1 Å². The summed E-state index contributed by atoms with van der Waals surface area (Å²) < 4.78 is 23.2. The summed E-state index contributed by atoms with van der Waals surface area (Å²) in [7, 11) is 0. The Kier molecular flexibility index (Phi) is 5.07. The Morgan fingerprint density at radius 2 is 1.95 bits per heavy atom. The zero-order chi connectivity index (χ0) is 25.9. The van der Waals surface area contributed by atoms with Gasteiger partial charge in [0.1, 0.15) is 11.5 Å². The first-order valence-electron chi connectivity index (χ1n) is 13.1. The van der Waals surface area contributed by atoms with Gasteiger partial charge in [-0.3, -0.25) is 15.0 Å². The normalized spacial score (nSPS) is 19.0. The van der Waals surface area contributed by atoms with Crippen molar-refractivity contribution in [3.8, 4) is 33.6 Å². The summed E-state index contributed by atoms with van der Waals surface area (Å²) in [6, 6.07) is 17.6. The molecular weight excluding hydrogens is 493 g/mol. The van der Waals surface area contributed by atoms with Crippen LogP contribution >= 0.6 is 0 Å². The number of morpholine rings is 1. The highest BCUT2D eigenvalue weighted by Gasteiger charge is 2.38. The summed E-state index contributed by atoms with van der Waals surface area (Å²) >= 11 is 0. The summed E-state index contributed by atoms with van der Waals surface area (Å²) in [5, 5.41) is 13.3. The summed E-state index contributed by atoms with van der Waals surface area (Å²) in [6.45, 7) is 2.41. The van der Waals surface area contributed by atoms with Gasteiger partial charge in [0.15, 0.2) is 5.65 Å². The SMILES string of the molecule is Fc1cc(CN2C[C@H]3C[C@@H]2CO3)ccc1-c1ccnc2c(-c3cccc4[nH]ncc34)c(-c3ccncc3)nn12. The summed E-state index contributed by atoms with van der Waals surface area (Å²) in [5.41, 5.74) is 7.09.